The van der Waals surface area contributed by atoms with Crippen LogP contribution in [-0.2, 0) is 6.54 Å². The van der Waals surface area contributed by atoms with Gasteiger partial charge < -0.3 is 9.73 Å². The van der Waals surface area contributed by atoms with Gasteiger partial charge >= 0.3 is 0 Å². The number of carbonyl (C=O) groups excluding carboxylic acids is 1. The smallest absolute Gasteiger partial charge is 0.293 e. The molecule has 0 fully saturated rings. The van der Waals surface area contributed by atoms with Crippen LogP contribution in [0.5, 0.6) is 0 Å². The van der Waals surface area contributed by atoms with E-state index in [1.54, 1.807) is 30.6 Å². The summed E-state index contributed by atoms with van der Waals surface area (Å²) in [6, 6.07) is 8.69. The van der Waals surface area contributed by atoms with Crippen molar-refractivity contribution in [2.45, 2.75) is 6.54 Å². The summed E-state index contributed by atoms with van der Waals surface area (Å²) >= 11 is 5.67. The Morgan fingerprint density at radius 1 is 1.25 bits per heavy atom. The lowest BCUT2D eigenvalue weighted by Crippen LogP contribution is -2.22. The van der Waals surface area contributed by atoms with Gasteiger partial charge in [0.2, 0.25) is 0 Å². The van der Waals surface area contributed by atoms with Gasteiger partial charge in [-0.05, 0) is 47.5 Å². The third-order valence-corrected chi connectivity index (χ3v) is 2.99. The number of oxazole rings is 1. The molecule has 0 saturated heterocycles. The molecule has 0 atom stereocenters. The summed E-state index contributed by atoms with van der Waals surface area (Å²) in [5, 5.41) is 2.89. The predicted octanol–water partition coefficient (Wildman–Crippen LogP) is 2.81. The Kier molecular flexibility index (Phi) is 3.35. The molecule has 0 spiro atoms. The average molecular weight is 288 g/mol. The SMILES string of the molecule is O=C(NCc1ccncc1)c1ccc2oc(Cl)nc2c1. The predicted molar refractivity (Wildman–Crippen MR) is 74.4 cm³/mol. The molecule has 0 aliphatic heterocycles. The van der Waals surface area contributed by atoms with E-state index in [1.165, 1.54) is 0 Å². The van der Waals surface area contributed by atoms with Gasteiger partial charge in [-0.3, -0.25) is 9.78 Å². The first-order chi connectivity index (χ1) is 9.72. The van der Waals surface area contributed by atoms with Gasteiger partial charge in [-0.25, -0.2) is 0 Å². The molecule has 3 aromatic rings. The summed E-state index contributed by atoms with van der Waals surface area (Å²) in [5.74, 6) is -0.178. The third-order valence-electron chi connectivity index (χ3n) is 2.83. The third kappa shape index (κ3) is 2.62. The molecule has 2 aromatic heterocycles. The summed E-state index contributed by atoms with van der Waals surface area (Å²) in [4.78, 5) is 20.0. The van der Waals surface area contributed by atoms with Crippen LogP contribution < -0.4 is 5.32 Å². The maximum absolute atomic E-state index is 12.1. The highest BCUT2D eigenvalue weighted by atomic mass is 35.5. The Bertz CT molecular complexity index is 755. The summed E-state index contributed by atoms with van der Waals surface area (Å²) in [6.07, 6.45) is 3.37. The van der Waals surface area contributed by atoms with Crippen LogP contribution >= 0.6 is 11.6 Å². The van der Waals surface area contributed by atoms with Crippen molar-refractivity contribution in [3.63, 3.8) is 0 Å². The highest BCUT2D eigenvalue weighted by molar-refractivity contribution is 6.28. The minimum atomic E-state index is -0.178. The van der Waals surface area contributed by atoms with E-state index in [1.807, 2.05) is 12.1 Å². The second-order valence-electron chi connectivity index (χ2n) is 4.19. The number of hydrogen-bond donors (Lipinski definition) is 1. The molecule has 0 aliphatic carbocycles. The normalized spacial score (nSPS) is 10.7. The van der Waals surface area contributed by atoms with E-state index < -0.39 is 0 Å². The van der Waals surface area contributed by atoms with Gasteiger partial charge in [0.15, 0.2) is 5.58 Å². The van der Waals surface area contributed by atoms with Crippen LogP contribution in [0.4, 0.5) is 0 Å². The lowest BCUT2D eigenvalue weighted by molar-refractivity contribution is 0.0951. The molecule has 0 bridgehead atoms. The summed E-state index contributed by atoms with van der Waals surface area (Å²) in [5.41, 5.74) is 2.61. The van der Waals surface area contributed by atoms with Crippen molar-refractivity contribution in [1.29, 1.82) is 0 Å². The van der Waals surface area contributed by atoms with Crippen molar-refractivity contribution < 1.29 is 9.21 Å². The van der Waals surface area contributed by atoms with E-state index in [4.69, 9.17) is 16.0 Å². The van der Waals surface area contributed by atoms with Crippen LogP contribution in [-0.4, -0.2) is 15.9 Å². The van der Waals surface area contributed by atoms with E-state index >= 15 is 0 Å². The van der Waals surface area contributed by atoms with Gasteiger partial charge in [-0.1, -0.05) is 0 Å². The molecule has 1 amide bonds. The zero-order chi connectivity index (χ0) is 13.9. The quantitative estimate of drug-likeness (QED) is 0.804. The number of benzene rings is 1. The monoisotopic (exact) mass is 287 g/mol. The van der Waals surface area contributed by atoms with E-state index in [-0.39, 0.29) is 11.3 Å². The molecule has 100 valence electrons. The largest absolute Gasteiger partial charge is 0.428 e. The Balaban J connectivity index is 1.75. The number of carbonyl (C=O) groups is 1. The molecule has 0 saturated carbocycles. The van der Waals surface area contributed by atoms with Gasteiger partial charge in [0.25, 0.3) is 11.3 Å². The number of halogens is 1. The molecule has 0 unspecified atom stereocenters. The van der Waals surface area contributed by atoms with Crippen LogP contribution in [0.2, 0.25) is 5.35 Å². The highest BCUT2D eigenvalue weighted by Gasteiger charge is 2.09. The summed E-state index contributed by atoms with van der Waals surface area (Å²) < 4.78 is 5.15. The average Bonchev–Trinajstić information content (AvgIpc) is 2.85. The Morgan fingerprint density at radius 2 is 2.05 bits per heavy atom. The van der Waals surface area contributed by atoms with E-state index in [0.29, 0.717) is 23.2 Å². The number of amides is 1. The van der Waals surface area contributed by atoms with Crippen molar-refractivity contribution in [3.8, 4) is 0 Å². The Morgan fingerprint density at radius 3 is 2.85 bits per heavy atom. The second-order valence-corrected chi connectivity index (χ2v) is 4.51. The van der Waals surface area contributed by atoms with Crippen LogP contribution in [0.25, 0.3) is 11.1 Å². The van der Waals surface area contributed by atoms with Crippen LogP contribution in [0, 0.1) is 0 Å². The van der Waals surface area contributed by atoms with Gasteiger partial charge in [0.05, 0.1) is 0 Å². The van der Waals surface area contributed by atoms with E-state index in [2.05, 4.69) is 15.3 Å². The first-order valence-corrected chi connectivity index (χ1v) is 6.33. The number of nitrogens with zero attached hydrogens (tertiary/aromatic N) is 2. The number of rotatable bonds is 3. The van der Waals surface area contributed by atoms with Crippen molar-refractivity contribution >= 4 is 28.6 Å². The topological polar surface area (TPSA) is 68.0 Å². The highest BCUT2D eigenvalue weighted by Crippen LogP contribution is 2.19. The lowest BCUT2D eigenvalue weighted by atomic mass is 10.2. The van der Waals surface area contributed by atoms with Crippen molar-refractivity contribution in [2.75, 3.05) is 0 Å². The molecule has 3 rings (SSSR count). The fourth-order valence-corrected chi connectivity index (χ4v) is 2.00. The fourth-order valence-electron chi connectivity index (χ4n) is 1.83. The summed E-state index contributed by atoms with van der Waals surface area (Å²) in [6.45, 7) is 0.443. The van der Waals surface area contributed by atoms with Gasteiger partial charge in [0.1, 0.15) is 5.52 Å². The van der Waals surface area contributed by atoms with Crippen molar-refractivity contribution in [2.24, 2.45) is 0 Å². The maximum Gasteiger partial charge on any atom is 0.293 e. The van der Waals surface area contributed by atoms with E-state index in [9.17, 15) is 4.79 Å². The zero-order valence-corrected chi connectivity index (χ0v) is 11.1. The molecular formula is C14H10ClN3O2. The van der Waals surface area contributed by atoms with Crippen molar-refractivity contribution in [3.05, 3.63) is 59.2 Å². The fraction of sp³-hybridized carbons (Fsp3) is 0.0714. The summed E-state index contributed by atoms with van der Waals surface area (Å²) in [7, 11) is 0. The lowest BCUT2D eigenvalue weighted by Gasteiger charge is -2.04. The second kappa shape index (κ2) is 5.30. The number of pyridine rings is 1. The molecule has 5 nitrogen and oxygen atoms in total. The minimum absolute atomic E-state index is 0.0642. The van der Waals surface area contributed by atoms with Gasteiger partial charge in [-0.15, -0.1) is 0 Å². The number of nitrogens with one attached hydrogen (secondary N) is 1. The number of fused-ring (bicyclic) bond motifs is 1. The van der Waals surface area contributed by atoms with Gasteiger partial charge in [0, 0.05) is 24.5 Å². The zero-order valence-electron chi connectivity index (χ0n) is 10.3. The Labute approximate surface area is 119 Å². The first kappa shape index (κ1) is 12.6. The molecule has 2 heterocycles. The molecule has 1 N–H and O–H groups in total. The van der Waals surface area contributed by atoms with Crippen LogP contribution in [0.3, 0.4) is 0 Å². The first-order valence-electron chi connectivity index (χ1n) is 5.95. The molecule has 1 aromatic carbocycles. The van der Waals surface area contributed by atoms with Crippen LogP contribution in [0.1, 0.15) is 15.9 Å². The standard InChI is InChI=1S/C14H10ClN3O2/c15-14-18-11-7-10(1-2-12(11)20-14)13(19)17-8-9-3-5-16-6-4-9/h1-7H,8H2,(H,17,19). The molecule has 20 heavy (non-hydrogen) atoms. The Hall–Kier alpha value is -2.40. The molecule has 0 aliphatic rings. The minimum Gasteiger partial charge on any atom is -0.428 e. The molecule has 6 heteroatoms. The van der Waals surface area contributed by atoms with Gasteiger partial charge in [-0.2, -0.15) is 4.98 Å². The molecule has 0 radical (unpaired) electrons. The number of hydrogen-bond acceptors (Lipinski definition) is 4. The maximum atomic E-state index is 12.1. The number of aromatic nitrogens is 2. The van der Waals surface area contributed by atoms with E-state index in [0.717, 1.165) is 5.56 Å². The van der Waals surface area contributed by atoms with Crippen molar-refractivity contribution in [1.82, 2.24) is 15.3 Å². The van der Waals surface area contributed by atoms with Crippen LogP contribution in [0.15, 0.2) is 47.1 Å². The molecular weight excluding hydrogens is 278 g/mol.